The number of likely N-dealkylation sites (tertiary alicyclic amines) is 1. The van der Waals surface area contributed by atoms with E-state index in [0.717, 1.165) is 30.7 Å². The zero-order valence-corrected chi connectivity index (χ0v) is 12.3. The van der Waals surface area contributed by atoms with Crippen molar-refractivity contribution < 1.29 is 19.0 Å². The number of hydrogen-bond acceptors (Lipinski definition) is 4. The van der Waals surface area contributed by atoms with Crippen LogP contribution in [-0.2, 0) is 20.7 Å². The van der Waals surface area contributed by atoms with Crippen LogP contribution >= 0.6 is 0 Å². The Morgan fingerprint density at radius 1 is 1.29 bits per heavy atom. The average Bonchev–Trinajstić information content (AvgIpc) is 2.96. The van der Waals surface area contributed by atoms with Gasteiger partial charge < -0.3 is 19.1 Å². The smallest absolute Gasteiger partial charge is 0.227 e. The number of nitrogens with zero attached hydrogens (tertiary/aromatic N) is 1. The molecule has 0 atom stereocenters. The molecule has 1 aromatic carbocycles. The molecule has 0 bridgehead atoms. The molecule has 21 heavy (non-hydrogen) atoms. The molecule has 5 heteroatoms. The summed E-state index contributed by atoms with van der Waals surface area (Å²) in [6, 6.07) is 7.62. The molecule has 2 saturated heterocycles. The highest BCUT2D eigenvalue weighted by Crippen LogP contribution is 2.30. The van der Waals surface area contributed by atoms with E-state index in [2.05, 4.69) is 0 Å². The number of hydrogen-bond donors (Lipinski definition) is 0. The van der Waals surface area contributed by atoms with Crippen molar-refractivity contribution in [2.45, 2.75) is 25.0 Å². The molecule has 5 nitrogen and oxygen atoms in total. The lowest BCUT2D eigenvalue weighted by Gasteiger charge is -2.38. The van der Waals surface area contributed by atoms with Crippen LogP contribution in [0.25, 0.3) is 0 Å². The molecule has 2 aliphatic heterocycles. The van der Waals surface area contributed by atoms with Crippen LogP contribution in [0.2, 0.25) is 0 Å². The van der Waals surface area contributed by atoms with Gasteiger partial charge in [0.05, 0.1) is 33.3 Å². The van der Waals surface area contributed by atoms with Gasteiger partial charge in [-0.1, -0.05) is 12.1 Å². The van der Waals surface area contributed by atoms with Crippen molar-refractivity contribution in [3.63, 3.8) is 0 Å². The molecule has 3 rings (SSSR count). The van der Waals surface area contributed by atoms with Crippen molar-refractivity contribution in [1.82, 2.24) is 4.90 Å². The molecule has 2 heterocycles. The van der Waals surface area contributed by atoms with Gasteiger partial charge in [0.15, 0.2) is 5.79 Å². The summed E-state index contributed by atoms with van der Waals surface area (Å²) in [6.45, 7) is 2.58. The Hall–Kier alpha value is -1.59. The van der Waals surface area contributed by atoms with Gasteiger partial charge in [-0.15, -0.1) is 0 Å². The first kappa shape index (κ1) is 14.4. The zero-order valence-electron chi connectivity index (χ0n) is 12.3. The van der Waals surface area contributed by atoms with Gasteiger partial charge in [0.2, 0.25) is 5.91 Å². The van der Waals surface area contributed by atoms with Gasteiger partial charge in [0, 0.05) is 13.0 Å². The minimum Gasteiger partial charge on any atom is -0.497 e. The SMILES string of the molecule is COc1ccc(CC(=O)N2CCCC3(C2)OCCO3)cc1. The zero-order chi connectivity index (χ0) is 14.7. The molecule has 2 fully saturated rings. The Balaban J connectivity index is 1.61. The van der Waals surface area contributed by atoms with Gasteiger partial charge >= 0.3 is 0 Å². The van der Waals surface area contributed by atoms with Gasteiger partial charge in [0.25, 0.3) is 0 Å². The van der Waals surface area contributed by atoms with Crippen LogP contribution in [0, 0.1) is 0 Å². The summed E-state index contributed by atoms with van der Waals surface area (Å²) in [7, 11) is 1.63. The molecular formula is C16H21NO4. The quantitative estimate of drug-likeness (QED) is 0.849. The maximum absolute atomic E-state index is 12.4. The van der Waals surface area contributed by atoms with Crippen molar-refractivity contribution in [1.29, 1.82) is 0 Å². The van der Waals surface area contributed by atoms with Gasteiger partial charge in [-0.05, 0) is 24.1 Å². The predicted octanol–water partition coefficient (Wildman–Crippen LogP) is 1.60. The number of ether oxygens (including phenoxy) is 3. The summed E-state index contributed by atoms with van der Waals surface area (Å²) in [5, 5.41) is 0. The third-order valence-corrected chi connectivity index (χ3v) is 4.10. The van der Waals surface area contributed by atoms with E-state index in [-0.39, 0.29) is 5.91 Å². The van der Waals surface area contributed by atoms with Crippen LogP contribution in [0.15, 0.2) is 24.3 Å². The second kappa shape index (κ2) is 6.03. The van der Waals surface area contributed by atoms with E-state index in [4.69, 9.17) is 14.2 Å². The molecule has 0 aromatic heterocycles. The maximum atomic E-state index is 12.4. The number of carbonyl (C=O) groups excluding carboxylic acids is 1. The summed E-state index contributed by atoms with van der Waals surface area (Å²) in [5.74, 6) is 0.377. The minimum atomic E-state index is -0.548. The monoisotopic (exact) mass is 291 g/mol. The second-order valence-electron chi connectivity index (χ2n) is 5.55. The molecule has 0 radical (unpaired) electrons. The number of amides is 1. The number of carbonyl (C=O) groups is 1. The Bertz CT molecular complexity index is 494. The molecule has 0 aliphatic carbocycles. The first-order valence-electron chi connectivity index (χ1n) is 7.39. The number of rotatable bonds is 3. The Kier molecular flexibility index (Phi) is 4.12. The highest BCUT2D eigenvalue weighted by Gasteiger charge is 2.41. The van der Waals surface area contributed by atoms with Crippen LogP contribution in [0.4, 0.5) is 0 Å². The van der Waals surface area contributed by atoms with E-state index in [1.165, 1.54) is 0 Å². The summed E-state index contributed by atoms with van der Waals surface area (Å²) < 4.78 is 16.5. The predicted molar refractivity (Wildman–Crippen MR) is 77.1 cm³/mol. The molecule has 2 aliphatic rings. The van der Waals surface area contributed by atoms with E-state index in [9.17, 15) is 4.79 Å². The Labute approximate surface area is 124 Å². The molecule has 0 unspecified atom stereocenters. The first-order chi connectivity index (χ1) is 10.2. The third kappa shape index (κ3) is 3.19. The van der Waals surface area contributed by atoms with Gasteiger partial charge in [-0.2, -0.15) is 0 Å². The topological polar surface area (TPSA) is 48.0 Å². The highest BCUT2D eigenvalue weighted by molar-refractivity contribution is 5.79. The van der Waals surface area contributed by atoms with Crippen LogP contribution in [0.1, 0.15) is 18.4 Å². The van der Waals surface area contributed by atoms with Crippen molar-refractivity contribution >= 4 is 5.91 Å². The minimum absolute atomic E-state index is 0.123. The lowest BCUT2D eigenvalue weighted by molar-refractivity contribution is -0.192. The molecule has 0 N–H and O–H groups in total. The molecule has 0 saturated carbocycles. The summed E-state index contributed by atoms with van der Waals surface area (Å²) in [5.41, 5.74) is 0.994. The fourth-order valence-corrected chi connectivity index (χ4v) is 2.96. The van der Waals surface area contributed by atoms with E-state index in [0.29, 0.717) is 26.2 Å². The van der Waals surface area contributed by atoms with Crippen molar-refractivity contribution in [2.75, 3.05) is 33.4 Å². The van der Waals surface area contributed by atoms with E-state index in [1.54, 1.807) is 7.11 Å². The normalized spacial score (nSPS) is 20.7. The molecule has 1 amide bonds. The maximum Gasteiger partial charge on any atom is 0.227 e. The second-order valence-corrected chi connectivity index (χ2v) is 5.55. The third-order valence-electron chi connectivity index (χ3n) is 4.10. The number of benzene rings is 1. The largest absolute Gasteiger partial charge is 0.497 e. The van der Waals surface area contributed by atoms with E-state index >= 15 is 0 Å². The highest BCUT2D eigenvalue weighted by atomic mass is 16.7. The molecule has 1 aromatic rings. The summed E-state index contributed by atoms with van der Waals surface area (Å²) in [4.78, 5) is 14.3. The van der Waals surface area contributed by atoms with Crippen LogP contribution in [0.3, 0.4) is 0 Å². The number of methoxy groups -OCH3 is 1. The van der Waals surface area contributed by atoms with Gasteiger partial charge in [-0.3, -0.25) is 4.79 Å². The summed E-state index contributed by atoms with van der Waals surface area (Å²) in [6.07, 6.45) is 2.20. The molecule has 1 spiro atoms. The lowest BCUT2D eigenvalue weighted by Crippen LogP contribution is -2.51. The molecule has 114 valence electrons. The fourth-order valence-electron chi connectivity index (χ4n) is 2.96. The average molecular weight is 291 g/mol. The van der Waals surface area contributed by atoms with Gasteiger partial charge in [0.1, 0.15) is 5.75 Å². The van der Waals surface area contributed by atoms with Gasteiger partial charge in [-0.25, -0.2) is 0 Å². The standard InChI is InChI=1S/C16H21NO4/c1-19-14-5-3-13(4-6-14)11-15(18)17-8-2-7-16(12-17)20-9-10-21-16/h3-6H,2,7-12H2,1H3. The van der Waals surface area contributed by atoms with Crippen molar-refractivity contribution in [2.24, 2.45) is 0 Å². The Morgan fingerprint density at radius 3 is 2.67 bits per heavy atom. The van der Waals surface area contributed by atoms with Crippen molar-refractivity contribution in [3.05, 3.63) is 29.8 Å². The fraction of sp³-hybridized carbons (Fsp3) is 0.562. The van der Waals surface area contributed by atoms with Crippen LogP contribution < -0.4 is 4.74 Å². The summed E-state index contributed by atoms with van der Waals surface area (Å²) >= 11 is 0. The van der Waals surface area contributed by atoms with Crippen molar-refractivity contribution in [3.8, 4) is 5.75 Å². The molecular weight excluding hydrogens is 270 g/mol. The van der Waals surface area contributed by atoms with E-state index < -0.39 is 5.79 Å². The van der Waals surface area contributed by atoms with Crippen LogP contribution in [0.5, 0.6) is 5.75 Å². The van der Waals surface area contributed by atoms with E-state index in [1.807, 2.05) is 29.2 Å². The first-order valence-corrected chi connectivity index (χ1v) is 7.39. The Morgan fingerprint density at radius 2 is 2.00 bits per heavy atom. The van der Waals surface area contributed by atoms with Crippen LogP contribution in [-0.4, -0.2) is 50.0 Å². The lowest BCUT2D eigenvalue weighted by atomic mass is 10.0. The number of piperidine rings is 1.